The zero-order chi connectivity index (χ0) is 30.7. The Morgan fingerprint density at radius 1 is 1.14 bits per heavy atom. The molecule has 2 aromatic carbocycles. The molecule has 0 spiro atoms. The molecule has 0 saturated carbocycles. The first-order valence-electron chi connectivity index (χ1n) is 13.2. The van der Waals surface area contributed by atoms with E-state index in [0.29, 0.717) is 34.0 Å². The van der Waals surface area contributed by atoms with E-state index in [2.05, 4.69) is 25.6 Å². The van der Waals surface area contributed by atoms with E-state index >= 15 is 0 Å². The molecular formula is C30H28ClFN6O5. The first-order chi connectivity index (χ1) is 20.7. The minimum Gasteiger partial charge on any atom is -0.497 e. The third-order valence-corrected chi connectivity index (χ3v) is 7.31. The molecule has 222 valence electrons. The predicted molar refractivity (Wildman–Crippen MR) is 157 cm³/mol. The number of nitrogens with one attached hydrogen (secondary N) is 2. The molecule has 2 aromatic heterocycles. The van der Waals surface area contributed by atoms with Gasteiger partial charge < -0.3 is 30.1 Å². The lowest BCUT2D eigenvalue weighted by molar-refractivity contribution is -0.126. The molecule has 0 fully saturated rings. The first kappa shape index (κ1) is 29.7. The van der Waals surface area contributed by atoms with Gasteiger partial charge in [0.15, 0.2) is 0 Å². The lowest BCUT2D eigenvalue weighted by Gasteiger charge is -2.26. The van der Waals surface area contributed by atoms with Crippen molar-refractivity contribution in [2.45, 2.75) is 25.6 Å². The highest BCUT2D eigenvalue weighted by molar-refractivity contribution is 6.33. The number of halogens is 2. The summed E-state index contributed by atoms with van der Waals surface area (Å²) in [5, 5.41) is 16.0. The molecule has 3 N–H and O–H groups in total. The lowest BCUT2D eigenvalue weighted by Crippen LogP contribution is -2.46. The second-order valence-corrected chi connectivity index (χ2v) is 10.2. The number of methoxy groups -OCH3 is 2. The standard InChI is InChI=1S/C30H28ClFN6O5/c1-16(28(40)36-25(15-39)19-8-20(32)11-22(9-19)42-2)38-14-18-5-4-17(10-23(18)29(38)41)27-24(31)13-34-30(37-27)35-21-6-7-33-26(12-21)43-3/h4-13,16,25,39H,14-15H2,1-3H3,(H,36,40)(H,33,34,35,37)/t16?,25-/m1/s1. The maximum Gasteiger partial charge on any atom is 0.255 e. The SMILES string of the molecule is COc1cc(F)cc([C@@H](CO)NC(=O)C(C)N2Cc3ccc(-c4nc(Nc5ccnc(OC)c5)ncc4Cl)cc3C2=O)c1. The van der Waals surface area contributed by atoms with Crippen molar-refractivity contribution in [2.75, 3.05) is 26.1 Å². The number of amides is 2. The zero-order valence-corrected chi connectivity index (χ0v) is 24.2. The fraction of sp³-hybridized carbons (Fsp3) is 0.233. The number of aromatic nitrogens is 3. The molecular weight excluding hydrogens is 579 g/mol. The summed E-state index contributed by atoms with van der Waals surface area (Å²) in [7, 11) is 2.91. The summed E-state index contributed by atoms with van der Waals surface area (Å²) in [4.78, 5) is 40.9. The quantitative estimate of drug-likeness (QED) is 0.241. The highest BCUT2D eigenvalue weighted by Crippen LogP contribution is 2.33. The number of carbonyl (C=O) groups excluding carboxylic acids is 2. The van der Waals surface area contributed by atoms with Gasteiger partial charge in [-0.1, -0.05) is 23.7 Å². The molecule has 1 unspecified atom stereocenters. The molecule has 5 rings (SSSR count). The maximum atomic E-state index is 14.0. The van der Waals surface area contributed by atoms with Crippen molar-refractivity contribution in [3.05, 3.63) is 88.5 Å². The Morgan fingerprint density at radius 3 is 2.70 bits per heavy atom. The maximum absolute atomic E-state index is 14.0. The van der Waals surface area contributed by atoms with Gasteiger partial charge in [0.05, 0.1) is 43.8 Å². The van der Waals surface area contributed by atoms with E-state index < -0.39 is 30.4 Å². The Hall–Kier alpha value is -4.81. The van der Waals surface area contributed by atoms with E-state index in [1.54, 1.807) is 43.5 Å². The normalized spacial score (nSPS) is 13.7. The number of nitrogens with zero attached hydrogens (tertiary/aromatic N) is 4. The smallest absolute Gasteiger partial charge is 0.255 e. The van der Waals surface area contributed by atoms with Gasteiger partial charge in [0.1, 0.15) is 17.6 Å². The van der Waals surface area contributed by atoms with Crippen LogP contribution in [0.5, 0.6) is 11.6 Å². The minimum absolute atomic E-state index is 0.203. The number of pyridine rings is 1. The lowest BCUT2D eigenvalue weighted by atomic mass is 10.0. The third-order valence-electron chi connectivity index (χ3n) is 7.04. The number of carbonyl (C=O) groups is 2. The Morgan fingerprint density at radius 2 is 1.95 bits per heavy atom. The van der Waals surface area contributed by atoms with Crippen molar-refractivity contribution in [3.8, 4) is 22.9 Å². The molecule has 0 radical (unpaired) electrons. The van der Waals surface area contributed by atoms with Crippen molar-refractivity contribution in [1.82, 2.24) is 25.2 Å². The molecule has 43 heavy (non-hydrogen) atoms. The van der Waals surface area contributed by atoms with Gasteiger partial charge in [0.2, 0.25) is 17.7 Å². The van der Waals surface area contributed by atoms with Crippen LogP contribution in [0.4, 0.5) is 16.0 Å². The summed E-state index contributed by atoms with van der Waals surface area (Å²) in [6.07, 6.45) is 3.05. The number of benzene rings is 2. The number of hydrogen-bond donors (Lipinski definition) is 3. The van der Waals surface area contributed by atoms with Crippen LogP contribution in [0.25, 0.3) is 11.3 Å². The van der Waals surface area contributed by atoms with Gasteiger partial charge in [-0.25, -0.2) is 19.3 Å². The van der Waals surface area contributed by atoms with E-state index in [4.69, 9.17) is 21.1 Å². The Balaban J connectivity index is 1.33. The minimum atomic E-state index is -0.901. The van der Waals surface area contributed by atoms with Crippen molar-refractivity contribution >= 4 is 35.1 Å². The third kappa shape index (κ3) is 6.35. The van der Waals surface area contributed by atoms with Crippen molar-refractivity contribution < 1.29 is 28.6 Å². The average Bonchev–Trinajstić information content (AvgIpc) is 3.35. The molecule has 0 bridgehead atoms. The fourth-order valence-electron chi connectivity index (χ4n) is 4.71. The molecule has 11 nitrogen and oxygen atoms in total. The number of anilines is 2. The zero-order valence-electron chi connectivity index (χ0n) is 23.5. The molecule has 1 aliphatic heterocycles. The Labute approximate surface area is 251 Å². The second-order valence-electron chi connectivity index (χ2n) is 9.75. The molecule has 0 saturated heterocycles. The van der Waals surface area contributed by atoms with Crippen LogP contribution in [-0.2, 0) is 11.3 Å². The molecule has 13 heteroatoms. The van der Waals surface area contributed by atoms with E-state index in [1.165, 1.54) is 43.5 Å². The van der Waals surface area contributed by atoms with Crippen molar-refractivity contribution in [2.24, 2.45) is 0 Å². The molecule has 4 aromatic rings. The van der Waals surface area contributed by atoms with Crippen molar-refractivity contribution in [1.29, 1.82) is 0 Å². The number of hydrogen-bond acceptors (Lipinski definition) is 9. The van der Waals surface area contributed by atoms with Gasteiger partial charge in [-0.15, -0.1) is 0 Å². The second kappa shape index (κ2) is 12.6. The summed E-state index contributed by atoms with van der Waals surface area (Å²) < 4.78 is 24.3. The van der Waals surface area contributed by atoms with Crippen LogP contribution in [-0.4, -0.2) is 63.6 Å². The Kier molecular flexibility index (Phi) is 8.69. The van der Waals surface area contributed by atoms with Crippen LogP contribution in [0.2, 0.25) is 5.02 Å². The van der Waals surface area contributed by atoms with E-state index in [-0.39, 0.29) is 29.2 Å². The van der Waals surface area contributed by atoms with E-state index in [1.807, 2.05) is 0 Å². The first-order valence-corrected chi connectivity index (χ1v) is 13.6. The molecule has 0 aliphatic carbocycles. The highest BCUT2D eigenvalue weighted by atomic mass is 35.5. The van der Waals surface area contributed by atoms with Gasteiger partial charge in [0.25, 0.3) is 5.91 Å². The predicted octanol–water partition coefficient (Wildman–Crippen LogP) is 4.29. The summed E-state index contributed by atoms with van der Waals surface area (Å²) in [5.41, 5.74) is 3.14. The molecule has 3 heterocycles. The van der Waals surface area contributed by atoms with Crippen LogP contribution in [0, 0.1) is 5.82 Å². The fourth-order valence-corrected chi connectivity index (χ4v) is 4.91. The topological polar surface area (TPSA) is 139 Å². The van der Waals surface area contributed by atoms with Gasteiger partial charge in [-0.05, 0) is 42.3 Å². The number of rotatable bonds is 10. The summed E-state index contributed by atoms with van der Waals surface area (Å²) in [5.74, 6) is -0.474. The Bertz CT molecular complexity index is 1690. The molecule has 1 aliphatic rings. The summed E-state index contributed by atoms with van der Waals surface area (Å²) in [6.45, 7) is 1.32. The van der Waals surface area contributed by atoms with Gasteiger partial charge in [-0.2, -0.15) is 0 Å². The summed E-state index contributed by atoms with van der Waals surface area (Å²) in [6, 6.07) is 10.8. The highest BCUT2D eigenvalue weighted by Gasteiger charge is 2.35. The molecule has 2 atom stereocenters. The van der Waals surface area contributed by atoms with Gasteiger partial charge in [-0.3, -0.25) is 9.59 Å². The number of aliphatic hydroxyl groups excluding tert-OH is 1. The van der Waals surface area contributed by atoms with Crippen LogP contribution in [0.15, 0.2) is 60.9 Å². The monoisotopic (exact) mass is 606 g/mol. The molecule has 2 amide bonds. The van der Waals surface area contributed by atoms with Crippen molar-refractivity contribution in [3.63, 3.8) is 0 Å². The van der Waals surface area contributed by atoms with Crippen LogP contribution in [0.3, 0.4) is 0 Å². The summed E-state index contributed by atoms with van der Waals surface area (Å²) >= 11 is 6.45. The number of fused-ring (bicyclic) bond motifs is 1. The number of aliphatic hydroxyl groups is 1. The van der Waals surface area contributed by atoms with Crippen LogP contribution in [0.1, 0.15) is 34.5 Å². The van der Waals surface area contributed by atoms with Crippen LogP contribution < -0.4 is 20.1 Å². The van der Waals surface area contributed by atoms with Crippen LogP contribution >= 0.6 is 11.6 Å². The van der Waals surface area contributed by atoms with E-state index in [9.17, 15) is 19.1 Å². The van der Waals surface area contributed by atoms with Gasteiger partial charge >= 0.3 is 0 Å². The largest absolute Gasteiger partial charge is 0.497 e. The average molecular weight is 607 g/mol. The van der Waals surface area contributed by atoms with Gasteiger partial charge in [0, 0.05) is 41.7 Å². The number of ether oxygens (including phenoxy) is 2. The van der Waals surface area contributed by atoms with E-state index in [0.717, 1.165) is 5.56 Å².